The first-order valence-electron chi connectivity index (χ1n) is 8.64. The molecule has 0 unspecified atom stereocenters. The van der Waals surface area contributed by atoms with Gasteiger partial charge in [0, 0.05) is 5.41 Å². The van der Waals surface area contributed by atoms with Crippen LogP contribution in [0.25, 0.3) is 0 Å². The lowest BCUT2D eigenvalue weighted by molar-refractivity contribution is -0.127. The lowest BCUT2D eigenvalue weighted by Crippen LogP contribution is -2.27. The molecule has 1 nitrogen and oxygen atoms in total. The standard InChI is InChI=1S/C18H36O/c1-5-8-9-10-11-12-13-14-15-16-18(6-2,7-3)17(4)19/h5-16H2,1-4H3. The lowest BCUT2D eigenvalue weighted by atomic mass is 9.74. The van der Waals surface area contributed by atoms with E-state index in [9.17, 15) is 4.79 Å². The van der Waals surface area contributed by atoms with Crippen LogP contribution < -0.4 is 0 Å². The molecule has 1 heteroatoms. The highest BCUT2D eigenvalue weighted by atomic mass is 16.1. The summed E-state index contributed by atoms with van der Waals surface area (Å²) in [6.07, 6.45) is 15.4. The van der Waals surface area contributed by atoms with E-state index < -0.39 is 0 Å². The number of ketones is 1. The zero-order valence-corrected chi connectivity index (χ0v) is 13.9. The van der Waals surface area contributed by atoms with Crippen molar-refractivity contribution in [2.75, 3.05) is 0 Å². The summed E-state index contributed by atoms with van der Waals surface area (Å²) >= 11 is 0. The molecule has 0 N–H and O–H groups in total. The molecule has 0 atom stereocenters. The van der Waals surface area contributed by atoms with Crippen LogP contribution in [-0.2, 0) is 4.79 Å². The summed E-state index contributed by atoms with van der Waals surface area (Å²) < 4.78 is 0. The maximum atomic E-state index is 11.8. The lowest BCUT2D eigenvalue weighted by Gasteiger charge is -2.28. The van der Waals surface area contributed by atoms with Gasteiger partial charge in [-0.1, -0.05) is 78.6 Å². The Morgan fingerprint density at radius 3 is 1.53 bits per heavy atom. The molecule has 0 aromatic carbocycles. The SMILES string of the molecule is CCCCCCCCCCCC(CC)(CC)C(C)=O. The predicted molar refractivity (Wildman–Crippen MR) is 85.5 cm³/mol. The normalized spacial score (nSPS) is 11.8. The van der Waals surface area contributed by atoms with Crippen molar-refractivity contribution in [1.29, 1.82) is 0 Å². The Balaban J connectivity index is 3.59. The first-order chi connectivity index (χ1) is 9.13. The third kappa shape index (κ3) is 7.74. The first-order valence-corrected chi connectivity index (χ1v) is 8.64. The van der Waals surface area contributed by atoms with Crippen molar-refractivity contribution in [2.24, 2.45) is 5.41 Å². The fourth-order valence-corrected chi connectivity index (χ4v) is 3.05. The van der Waals surface area contributed by atoms with E-state index in [2.05, 4.69) is 20.8 Å². The van der Waals surface area contributed by atoms with E-state index in [1.165, 1.54) is 57.8 Å². The molecular formula is C18H36O. The van der Waals surface area contributed by atoms with Gasteiger partial charge in [-0.25, -0.2) is 0 Å². The summed E-state index contributed by atoms with van der Waals surface area (Å²) in [7, 11) is 0. The van der Waals surface area contributed by atoms with Crippen molar-refractivity contribution in [1.82, 2.24) is 0 Å². The Labute approximate surface area is 121 Å². The molecule has 0 fully saturated rings. The summed E-state index contributed by atoms with van der Waals surface area (Å²) in [5, 5.41) is 0. The van der Waals surface area contributed by atoms with Crippen LogP contribution in [0.3, 0.4) is 0 Å². The fraction of sp³-hybridized carbons (Fsp3) is 0.944. The van der Waals surface area contributed by atoms with E-state index in [-0.39, 0.29) is 5.41 Å². The molecule has 0 spiro atoms. The van der Waals surface area contributed by atoms with Crippen molar-refractivity contribution in [3.63, 3.8) is 0 Å². The Morgan fingerprint density at radius 2 is 1.16 bits per heavy atom. The molecular weight excluding hydrogens is 232 g/mol. The Hall–Kier alpha value is -0.330. The minimum absolute atomic E-state index is 0.0128. The van der Waals surface area contributed by atoms with Crippen LogP contribution in [0.5, 0.6) is 0 Å². The number of carbonyl (C=O) groups excluding carboxylic acids is 1. The van der Waals surface area contributed by atoms with Gasteiger partial charge in [0.2, 0.25) is 0 Å². The number of hydrogen-bond acceptors (Lipinski definition) is 1. The molecule has 19 heavy (non-hydrogen) atoms. The van der Waals surface area contributed by atoms with Crippen molar-refractivity contribution >= 4 is 5.78 Å². The van der Waals surface area contributed by atoms with Gasteiger partial charge in [0.1, 0.15) is 5.78 Å². The molecule has 0 radical (unpaired) electrons. The Kier molecular flexibility index (Phi) is 11.3. The van der Waals surface area contributed by atoms with Gasteiger partial charge >= 0.3 is 0 Å². The van der Waals surface area contributed by atoms with Crippen molar-refractivity contribution in [2.45, 2.75) is 105 Å². The summed E-state index contributed by atoms with van der Waals surface area (Å²) in [5.41, 5.74) is -0.0128. The van der Waals surface area contributed by atoms with Gasteiger partial charge in [-0.15, -0.1) is 0 Å². The largest absolute Gasteiger partial charge is 0.299 e. The monoisotopic (exact) mass is 268 g/mol. The van der Waals surface area contributed by atoms with Crippen LogP contribution in [0.15, 0.2) is 0 Å². The zero-order chi connectivity index (χ0) is 14.6. The van der Waals surface area contributed by atoms with Crippen LogP contribution >= 0.6 is 0 Å². The van der Waals surface area contributed by atoms with Gasteiger partial charge in [0.25, 0.3) is 0 Å². The average Bonchev–Trinajstić information content (AvgIpc) is 2.41. The van der Waals surface area contributed by atoms with Crippen LogP contribution in [0.2, 0.25) is 0 Å². The molecule has 0 aromatic heterocycles. The van der Waals surface area contributed by atoms with Gasteiger partial charge in [-0.2, -0.15) is 0 Å². The molecule has 0 heterocycles. The molecule has 0 aromatic rings. The topological polar surface area (TPSA) is 17.1 Å². The van der Waals surface area contributed by atoms with Crippen LogP contribution in [0.1, 0.15) is 105 Å². The number of Topliss-reactive ketones (excluding diaryl/α,β-unsaturated/α-hetero) is 1. The number of unbranched alkanes of at least 4 members (excludes halogenated alkanes) is 8. The second-order valence-electron chi connectivity index (χ2n) is 6.12. The molecule has 0 saturated heterocycles. The highest BCUT2D eigenvalue weighted by Crippen LogP contribution is 2.33. The summed E-state index contributed by atoms with van der Waals surface area (Å²) in [6.45, 7) is 8.38. The maximum absolute atomic E-state index is 11.8. The quantitative estimate of drug-likeness (QED) is 0.358. The molecule has 114 valence electrons. The third-order valence-electron chi connectivity index (χ3n) is 4.86. The Bertz CT molecular complexity index is 216. The van der Waals surface area contributed by atoms with Gasteiger partial charge in [0.05, 0.1) is 0 Å². The minimum atomic E-state index is -0.0128. The smallest absolute Gasteiger partial charge is 0.135 e. The van der Waals surface area contributed by atoms with Crippen molar-refractivity contribution < 1.29 is 4.79 Å². The molecule has 0 saturated carbocycles. The predicted octanol–water partition coefficient (Wildman–Crippen LogP) is 6.30. The van der Waals surface area contributed by atoms with Gasteiger partial charge in [-0.05, 0) is 26.2 Å². The molecule has 0 amide bonds. The van der Waals surface area contributed by atoms with E-state index in [4.69, 9.17) is 0 Å². The van der Waals surface area contributed by atoms with Crippen molar-refractivity contribution in [3.8, 4) is 0 Å². The number of rotatable bonds is 13. The molecule has 0 bridgehead atoms. The van der Waals surface area contributed by atoms with Gasteiger partial charge in [0.15, 0.2) is 0 Å². The molecule has 0 aliphatic carbocycles. The number of carbonyl (C=O) groups is 1. The molecule has 0 aliphatic rings. The van der Waals surface area contributed by atoms with E-state index in [0.29, 0.717) is 5.78 Å². The second kappa shape index (κ2) is 11.5. The van der Waals surface area contributed by atoms with Crippen molar-refractivity contribution in [3.05, 3.63) is 0 Å². The van der Waals surface area contributed by atoms with Crippen LogP contribution in [-0.4, -0.2) is 5.78 Å². The molecule has 0 aliphatic heterocycles. The third-order valence-corrected chi connectivity index (χ3v) is 4.86. The summed E-state index contributed by atoms with van der Waals surface area (Å²) in [5.74, 6) is 0.400. The summed E-state index contributed by atoms with van der Waals surface area (Å²) in [4.78, 5) is 11.8. The Morgan fingerprint density at radius 1 is 0.737 bits per heavy atom. The van der Waals surface area contributed by atoms with E-state index in [1.807, 2.05) is 0 Å². The van der Waals surface area contributed by atoms with E-state index >= 15 is 0 Å². The summed E-state index contributed by atoms with van der Waals surface area (Å²) in [6, 6.07) is 0. The van der Waals surface area contributed by atoms with E-state index in [1.54, 1.807) is 6.92 Å². The van der Waals surface area contributed by atoms with E-state index in [0.717, 1.165) is 19.3 Å². The van der Waals surface area contributed by atoms with Crippen LogP contribution in [0.4, 0.5) is 0 Å². The fourth-order valence-electron chi connectivity index (χ4n) is 3.05. The highest BCUT2D eigenvalue weighted by molar-refractivity contribution is 5.82. The maximum Gasteiger partial charge on any atom is 0.135 e. The average molecular weight is 268 g/mol. The first kappa shape index (κ1) is 18.7. The van der Waals surface area contributed by atoms with Gasteiger partial charge < -0.3 is 0 Å². The minimum Gasteiger partial charge on any atom is -0.299 e. The number of hydrogen-bond donors (Lipinski definition) is 0. The molecule has 0 rings (SSSR count). The van der Waals surface area contributed by atoms with Gasteiger partial charge in [-0.3, -0.25) is 4.79 Å². The zero-order valence-electron chi connectivity index (χ0n) is 13.9. The highest BCUT2D eigenvalue weighted by Gasteiger charge is 2.30. The second-order valence-corrected chi connectivity index (χ2v) is 6.12. The van der Waals surface area contributed by atoms with Crippen LogP contribution in [0, 0.1) is 5.41 Å².